The fourth-order valence-electron chi connectivity index (χ4n) is 7.03. The summed E-state index contributed by atoms with van der Waals surface area (Å²) in [7, 11) is 0. The number of rotatable bonds is 4. The Morgan fingerprint density at radius 3 is 1.47 bits per heavy atom. The molecule has 4 aliphatic rings. The number of nitrogens with zero attached hydrogens (tertiary/aromatic N) is 2. The average Bonchev–Trinajstić information content (AvgIpc) is 3.52. The fraction of sp³-hybridized carbons (Fsp3) is 0.500. The van der Waals surface area contributed by atoms with Crippen LogP contribution in [-0.2, 0) is 0 Å². The number of imide groups is 2. The number of carbonyl (C=O) groups excluding carboxylic acids is 4. The molecule has 2 fully saturated rings. The molecule has 0 aromatic heterocycles. The maximum absolute atomic E-state index is 13.7. The number of hydrogen-bond acceptors (Lipinski definition) is 4. The van der Waals surface area contributed by atoms with Crippen molar-refractivity contribution in [1.29, 1.82) is 0 Å². The van der Waals surface area contributed by atoms with Crippen molar-refractivity contribution in [2.75, 3.05) is 0 Å². The molecular formula is C28H30N2O4. The summed E-state index contributed by atoms with van der Waals surface area (Å²) >= 11 is 0. The van der Waals surface area contributed by atoms with Crippen LogP contribution < -0.4 is 0 Å². The zero-order valence-electron chi connectivity index (χ0n) is 19.9. The Hall–Kier alpha value is -3.02. The van der Waals surface area contributed by atoms with Gasteiger partial charge in [0.25, 0.3) is 23.6 Å². The van der Waals surface area contributed by atoms with E-state index in [2.05, 4.69) is 13.8 Å². The van der Waals surface area contributed by atoms with Crippen LogP contribution in [0, 0.1) is 5.41 Å². The first-order valence-electron chi connectivity index (χ1n) is 12.8. The van der Waals surface area contributed by atoms with Gasteiger partial charge in [0, 0.05) is 45.1 Å². The lowest BCUT2D eigenvalue weighted by Crippen LogP contribution is -2.48. The normalized spacial score (nSPS) is 24.1. The Bertz CT molecular complexity index is 1200. The van der Waals surface area contributed by atoms with Gasteiger partial charge in [-0.2, -0.15) is 0 Å². The summed E-state index contributed by atoms with van der Waals surface area (Å²) in [5.41, 5.74) is 1.88. The first-order valence-corrected chi connectivity index (χ1v) is 12.8. The lowest BCUT2D eigenvalue weighted by molar-refractivity contribution is 0.0512. The van der Waals surface area contributed by atoms with Crippen molar-refractivity contribution in [3.05, 3.63) is 46.5 Å². The first-order chi connectivity index (χ1) is 16.4. The molecule has 2 aromatic rings. The third kappa shape index (κ3) is 2.74. The van der Waals surface area contributed by atoms with Gasteiger partial charge >= 0.3 is 0 Å². The highest BCUT2D eigenvalue weighted by molar-refractivity contribution is 6.33. The Morgan fingerprint density at radius 2 is 1.09 bits per heavy atom. The van der Waals surface area contributed by atoms with E-state index >= 15 is 0 Å². The van der Waals surface area contributed by atoms with Gasteiger partial charge in [-0.25, -0.2) is 0 Å². The van der Waals surface area contributed by atoms with E-state index < -0.39 is 0 Å². The molecule has 4 amide bonds. The maximum Gasteiger partial charge on any atom is 0.261 e. The summed E-state index contributed by atoms with van der Waals surface area (Å²) in [4.78, 5) is 57.1. The van der Waals surface area contributed by atoms with Crippen molar-refractivity contribution in [2.24, 2.45) is 5.41 Å². The monoisotopic (exact) mass is 458 g/mol. The summed E-state index contributed by atoms with van der Waals surface area (Å²) in [6.45, 7) is 4.37. The minimum atomic E-state index is -0.304. The van der Waals surface area contributed by atoms with Gasteiger partial charge in [-0.1, -0.05) is 39.5 Å². The average molecular weight is 459 g/mol. The van der Waals surface area contributed by atoms with Crippen molar-refractivity contribution in [3.63, 3.8) is 0 Å². The van der Waals surface area contributed by atoms with Crippen molar-refractivity contribution < 1.29 is 19.2 Å². The van der Waals surface area contributed by atoms with Crippen LogP contribution in [-0.4, -0.2) is 45.5 Å². The highest BCUT2D eigenvalue weighted by Gasteiger charge is 2.47. The molecule has 6 rings (SSSR count). The SMILES string of the molecule is CCC1(CC)CCC(N2C(=O)c3ccc4c5c(ccc(c35)C2=O)C(=O)N(C2CCCC2)C4=O)C1. The first kappa shape index (κ1) is 21.5. The second-order valence-electron chi connectivity index (χ2n) is 10.6. The molecule has 2 aliphatic heterocycles. The van der Waals surface area contributed by atoms with Gasteiger partial charge in [-0.05, 0) is 61.8 Å². The van der Waals surface area contributed by atoms with Crippen molar-refractivity contribution in [2.45, 2.75) is 83.7 Å². The summed E-state index contributed by atoms with van der Waals surface area (Å²) < 4.78 is 0. The van der Waals surface area contributed by atoms with E-state index in [4.69, 9.17) is 0 Å². The lowest BCUT2D eigenvalue weighted by atomic mass is 9.80. The number of hydrogen-bond donors (Lipinski definition) is 0. The molecule has 2 heterocycles. The molecule has 0 saturated heterocycles. The standard InChI is InChI=1S/C28H30N2O4/c1-3-28(4-2)14-13-17(15-28)30-26(33)20-11-9-18-22-19(10-12-21(23(20)22)27(30)34)25(32)29(24(18)31)16-7-5-6-8-16/h9-12,16-17H,3-8,13-15H2,1-2H3. The molecule has 2 saturated carbocycles. The van der Waals surface area contributed by atoms with E-state index in [1.165, 1.54) is 9.80 Å². The van der Waals surface area contributed by atoms with Crippen LogP contribution in [0.3, 0.4) is 0 Å². The number of benzene rings is 2. The van der Waals surface area contributed by atoms with E-state index in [1.807, 2.05) is 0 Å². The predicted octanol–water partition coefficient (Wildman–Crippen LogP) is 5.33. The topological polar surface area (TPSA) is 74.8 Å². The van der Waals surface area contributed by atoms with Crippen molar-refractivity contribution in [3.8, 4) is 0 Å². The molecule has 176 valence electrons. The Balaban J connectivity index is 1.46. The second-order valence-corrected chi connectivity index (χ2v) is 10.6. The summed E-state index contributed by atoms with van der Waals surface area (Å²) in [6, 6.07) is 6.56. The zero-order chi connectivity index (χ0) is 23.8. The number of amides is 4. The molecule has 1 atom stereocenters. The minimum absolute atomic E-state index is 0.0750. The van der Waals surface area contributed by atoms with Crippen LogP contribution in [0.1, 0.15) is 113 Å². The molecule has 1 unspecified atom stereocenters. The second kappa shape index (κ2) is 7.49. The van der Waals surface area contributed by atoms with Gasteiger partial charge in [-0.15, -0.1) is 0 Å². The van der Waals surface area contributed by atoms with Crippen LogP contribution >= 0.6 is 0 Å². The highest BCUT2D eigenvalue weighted by Crippen LogP contribution is 2.47. The van der Waals surface area contributed by atoms with Gasteiger partial charge in [0.1, 0.15) is 0 Å². The van der Waals surface area contributed by atoms with Crippen molar-refractivity contribution in [1.82, 2.24) is 9.80 Å². The summed E-state index contributed by atoms with van der Waals surface area (Å²) in [6.07, 6.45) is 8.43. The zero-order valence-corrected chi connectivity index (χ0v) is 19.9. The van der Waals surface area contributed by atoms with Crippen LogP contribution in [0.15, 0.2) is 24.3 Å². The Morgan fingerprint density at radius 1 is 0.676 bits per heavy atom. The molecule has 2 aromatic carbocycles. The van der Waals surface area contributed by atoms with E-state index in [-0.39, 0.29) is 41.1 Å². The molecule has 0 radical (unpaired) electrons. The van der Waals surface area contributed by atoms with Crippen LogP contribution in [0.4, 0.5) is 0 Å². The molecule has 0 spiro atoms. The van der Waals surface area contributed by atoms with Gasteiger partial charge < -0.3 is 0 Å². The molecule has 0 N–H and O–H groups in total. The van der Waals surface area contributed by atoms with Crippen LogP contribution in [0.25, 0.3) is 10.8 Å². The number of carbonyl (C=O) groups is 4. The smallest absolute Gasteiger partial charge is 0.261 e. The lowest BCUT2D eigenvalue weighted by Gasteiger charge is -2.36. The third-order valence-electron chi connectivity index (χ3n) is 9.19. The quantitative estimate of drug-likeness (QED) is 0.580. The van der Waals surface area contributed by atoms with Gasteiger partial charge in [-0.3, -0.25) is 29.0 Å². The van der Waals surface area contributed by atoms with Gasteiger partial charge in [0.2, 0.25) is 0 Å². The third-order valence-corrected chi connectivity index (χ3v) is 9.19. The molecule has 34 heavy (non-hydrogen) atoms. The summed E-state index contributed by atoms with van der Waals surface area (Å²) in [5, 5.41) is 0.952. The van der Waals surface area contributed by atoms with E-state index in [0.29, 0.717) is 33.0 Å². The van der Waals surface area contributed by atoms with Gasteiger partial charge in [0.15, 0.2) is 0 Å². The molecular weight excluding hydrogens is 428 g/mol. The van der Waals surface area contributed by atoms with E-state index in [0.717, 1.165) is 57.8 Å². The predicted molar refractivity (Wildman–Crippen MR) is 128 cm³/mol. The molecule has 0 bridgehead atoms. The molecule has 2 aliphatic carbocycles. The van der Waals surface area contributed by atoms with Crippen molar-refractivity contribution >= 4 is 34.4 Å². The van der Waals surface area contributed by atoms with E-state index in [9.17, 15) is 19.2 Å². The minimum Gasteiger partial charge on any atom is -0.271 e. The summed E-state index contributed by atoms with van der Waals surface area (Å²) in [5.74, 6) is -1.21. The fourth-order valence-corrected chi connectivity index (χ4v) is 7.03. The molecule has 6 nitrogen and oxygen atoms in total. The molecule has 6 heteroatoms. The van der Waals surface area contributed by atoms with Crippen LogP contribution in [0.5, 0.6) is 0 Å². The maximum atomic E-state index is 13.7. The largest absolute Gasteiger partial charge is 0.271 e. The Labute approximate surface area is 199 Å². The highest BCUT2D eigenvalue weighted by atomic mass is 16.2. The van der Waals surface area contributed by atoms with Gasteiger partial charge in [0.05, 0.1) is 0 Å². The van der Waals surface area contributed by atoms with E-state index in [1.54, 1.807) is 24.3 Å². The Kier molecular flexibility index (Phi) is 4.74. The van der Waals surface area contributed by atoms with Crippen LogP contribution in [0.2, 0.25) is 0 Å².